The highest BCUT2D eigenvalue weighted by Crippen LogP contribution is 2.25. The first-order chi connectivity index (χ1) is 64.7. The van der Waals surface area contributed by atoms with E-state index in [0.29, 0.717) is 32.3 Å². The van der Waals surface area contributed by atoms with Crippen LogP contribution in [0.1, 0.15) is 666 Å². The van der Waals surface area contributed by atoms with E-state index < -0.39 is 5.97 Å². The molecule has 0 saturated carbocycles. The summed E-state index contributed by atoms with van der Waals surface area (Å²) in [5.74, 6) is -0.564. The molecule has 12 nitrogen and oxygen atoms in total. The number of aliphatic hydroxyl groups excluding tert-OH is 3. The highest BCUT2D eigenvalue weighted by atomic mass is 79.9. The number of carboxylic acid groups (broad SMARTS) is 1. The molecule has 794 valence electrons. The molecule has 0 aromatic carbocycles. The molecular weight excluding hydrogens is 1770 g/mol. The Morgan fingerprint density at radius 1 is 0.212 bits per heavy atom. The van der Waals surface area contributed by atoms with E-state index in [1.54, 1.807) is 0 Å². The average Bonchev–Trinajstić information content (AvgIpc) is 0.975. The molecule has 14 heteroatoms. The number of halogens is 2. The van der Waals surface area contributed by atoms with Gasteiger partial charge in [-0.15, -0.1) is 0 Å². The number of alkyl halides is 2. The van der Waals surface area contributed by atoms with Gasteiger partial charge >= 0.3 is 23.9 Å². The summed E-state index contributed by atoms with van der Waals surface area (Å²) in [5, 5.41) is 38.6. The number of unbranched alkanes of at least 4 members (excludes halogenated alkanes) is 69. The van der Waals surface area contributed by atoms with Crippen molar-refractivity contribution in [3.05, 3.63) is 0 Å². The number of carbonyl (C=O) groups excluding carboxylic acids is 3. The standard InChI is InChI=1S/C41H83NO3.C28H56O3.C25H49BrO2.C16H34O.C8H15BrO2/c1-4-7-10-13-16-17-18-19-20-21-26-31-36-42(38-39-43)37-32-27-22-25-30-35-41(44)45-40(33-28-23-14-11-8-5-2)34-29-24-15-12-9-6-3;1-3-5-7-9-15-19-23-27(24-20-16-10-8-6-4-2)31-28(30)25-21-17-13-11-12-14-18-22-26-29;1-3-5-7-9-12-16-20-24(21-17-13-10-8-6-4-2)28-25(27)22-18-14-11-15-19-23-26;1-3-5-7-9-11-13-15-16(17)14-12-10-8-6-4-2;9-7-5-3-1-2-4-6-8(10)11/h40,43H,4-39H2,1-3H3;27,29H,3-26H2,1-2H3;24H,3-23H2,1-2H3;16-17H,3-15H2,1-2H3;1-7H2,(H,10,11). The molecule has 0 aromatic heterocycles. The van der Waals surface area contributed by atoms with E-state index in [9.17, 15) is 29.4 Å². The lowest BCUT2D eigenvalue weighted by molar-refractivity contribution is -0.151. The SMILES string of the molecule is CCCCCCCCC(CCCCCCCC)OC(=O)CCCCCCCBr.CCCCCCCCC(CCCCCCCC)OC(=O)CCCCCCCCCCO.CCCCCCCCC(O)CCCCCCC.CCCCCCCCCCCCCCN(CCO)CCCCCCCC(=O)OC(CCCCCCCC)CCCCCCCC.O=C(O)CCCCCCCBr. The number of hydrogen-bond donors (Lipinski definition) is 4. The van der Waals surface area contributed by atoms with Gasteiger partial charge in [0, 0.05) is 49.5 Å². The molecule has 0 aromatic rings. The van der Waals surface area contributed by atoms with Crippen LogP contribution in [0, 0.1) is 0 Å². The van der Waals surface area contributed by atoms with Crippen molar-refractivity contribution in [3.63, 3.8) is 0 Å². The minimum Gasteiger partial charge on any atom is -0.481 e. The van der Waals surface area contributed by atoms with Gasteiger partial charge < -0.3 is 39.5 Å². The van der Waals surface area contributed by atoms with Gasteiger partial charge in [-0.2, -0.15) is 0 Å². The van der Waals surface area contributed by atoms with Crippen LogP contribution in [-0.2, 0) is 33.4 Å². The Morgan fingerprint density at radius 2 is 0.386 bits per heavy atom. The van der Waals surface area contributed by atoms with Crippen molar-refractivity contribution >= 4 is 55.7 Å². The molecule has 1 unspecified atom stereocenters. The summed E-state index contributed by atoms with van der Waals surface area (Å²) in [7, 11) is 0. The number of aliphatic hydroxyl groups is 3. The molecule has 0 heterocycles. The summed E-state index contributed by atoms with van der Waals surface area (Å²) >= 11 is 6.82. The van der Waals surface area contributed by atoms with E-state index >= 15 is 0 Å². The van der Waals surface area contributed by atoms with Gasteiger partial charge in [0.05, 0.1) is 12.7 Å². The number of ether oxygens (including phenoxy) is 3. The van der Waals surface area contributed by atoms with Gasteiger partial charge in [0.15, 0.2) is 0 Å². The van der Waals surface area contributed by atoms with Crippen molar-refractivity contribution in [2.45, 2.75) is 690 Å². The maximum Gasteiger partial charge on any atom is 0.306 e. The number of nitrogens with zero attached hydrogens (tertiary/aromatic N) is 1. The zero-order valence-corrected chi connectivity index (χ0v) is 93.7. The lowest BCUT2D eigenvalue weighted by Crippen LogP contribution is -2.29. The molecule has 132 heavy (non-hydrogen) atoms. The third kappa shape index (κ3) is 129. The summed E-state index contributed by atoms with van der Waals surface area (Å²) < 4.78 is 17.8. The fourth-order valence-electron chi connectivity index (χ4n) is 17.7. The highest BCUT2D eigenvalue weighted by Gasteiger charge is 2.19. The third-order valence-electron chi connectivity index (χ3n) is 26.6. The molecule has 0 aliphatic heterocycles. The molecule has 1 atom stereocenters. The second-order valence-corrected chi connectivity index (χ2v) is 41.8. The van der Waals surface area contributed by atoms with E-state index in [1.165, 1.54) is 462 Å². The smallest absolute Gasteiger partial charge is 0.306 e. The topological polar surface area (TPSA) is 180 Å². The van der Waals surface area contributed by atoms with Gasteiger partial charge in [-0.1, -0.05) is 524 Å². The molecule has 0 aliphatic carbocycles. The van der Waals surface area contributed by atoms with Crippen LogP contribution in [-0.4, -0.2) is 117 Å². The normalized spacial score (nSPS) is 11.5. The third-order valence-corrected chi connectivity index (χ3v) is 27.8. The molecule has 0 bridgehead atoms. The summed E-state index contributed by atoms with van der Waals surface area (Å²) in [6.07, 6.45) is 115. The molecule has 4 N–H and O–H groups in total. The molecule has 0 aliphatic rings. The van der Waals surface area contributed by atoms with Gasteiger partial charge in [0.1, 0.15) is 18.3 Å². The van der Waals surface area contributed by atoms with Gasteiger partial charge in [0.2, 0.25) is 0 Å². The Labute approximate surface area is 842 Å². The van der Waals surface area contributed by atoms with Gasteiger partial charge in [-0.3, -0.25) is 19.2 Å². The van der Waals surface area contributed by atoms with Crippen LogP contribution in [0.3, 0.4) is 0 Å². The first-order valence-electron chi connectivity index (χ1n) is 59.3. The largest absolute Gasteiger partial charge is 0.481 e. The lowest BCUT2D eigenvalue weighted by atomic mass is 10.0. The summed E-state index contributed by atoms with van der Waals surface area (Å²) in [4.78, 5) is 49.8. The predicted octanol–water partition coefficient (Wildman–Crippen LogP) is 39.0. The quantitative estimate of drug-likeness (QED) is 0.0196. The molecular formula is C118H237Br2NO11. The Morgan fingerprint density at radius 3 is 0.583 bits per heavy atom. The van der Waals surface area contributed by atoms with Crippen LogP contribution >= 0.6 is 31.9 Å². The fourth-order valence-corrected chi connectivity index (χ4v) is 18.5. The molecule has 0 rings (SSSR count). The first-order valence-corrected chi connectivity index (χ1v) is 61.5. The molecule has 0 fully saturated rings. The zero-order chi connectivity index (χ0) is 97.7. The predicted molar refractivity (Wildman–Crippen MR) is 587 cm³/mol. The molecule has 0 spiro atoms. The monoisotopic (exact) mass is 2000 g/mol. The van der Waals surface area contributed by atoms with Crippen molar-refractivity contribution in [2.24, 2.45) is 0 Å². The summed E-state index contributed by atoms with van der Waals surface area (Å²) in [6, 6.07) is 0. The fraction of sp³-hybridized carbons (Fsp3) is 0.966. The number of carbonyl (C=O) groups is 4. The van der Waals surface area contributed by atoms with E-state index in [-0.39, 0.29) is 48.9 Å². The maximum absolute atomic E-state index is 12.7. The van der Waals surface area contributed by atoms with Crippen LogP contribution < -0.4 is 0 Å². The Bertz CT molecular complexity index is 2060. The van der Waals surface area contributed by atoms with Crippen LogP contribution in [0.15, 0.2) is 0 Å². The Hall–Kier alpha value is -1.32. The number of esters is 3. The van der Waals surface area contributed by atoms with E-state index in [4.69, 9.17) is 24.4 Å². The number of carboxylic acids is 1. The minimum atomic E-state index is -0.675. The number of hydrogen-bond acceptors (Lipinski definition) is 11. The van der Waals surface area contributed by atoms with Crippen LogP contribution in [0.5, 0.6) is 0 Å². The lowest BCUT2D eigenvalue weighted by Gasteiger charge is -2.21. The second-order valence-electron chi connectivity index (χ2n) is 40.2. The van der Waals surface area contributed by atoms with Crippen molar-refractivity contribution < 1.29 is 53.8 Å². The average molecular weight is 2010 g/mol. The molecule has 0 radical (unpaired) electrons. The van der Waals surface area contributed by atoms with Gasteiger partial charge in [-0.25, -0.2) is 0 Å². The van der Waals surface area contributed by atoms with E-state index in [1.807, 2.05) is 0 Å². The van der Waals surface area contributed by atoms with Crippen LogP contribution in [0.2, 0.25) is 0 Å². The Kier molecular flexibility index (Phi) is 135. The van der Waals surface area contributed by atoms with Crippen molar-refractivity contribution in [1.82, 2.24) is 4.90 Å². The van der Waals surface area contributed by atoms with Crippen LogP contribution in [0.25, 0.3) is 0 Å². The minimum absolute atomic E-state index is 0.0252. The molecule has 0 saturated heterocycles. The maximum atomic E-state index is 12.7. The summed E-state index contributed by atoms with van der Waals surface area (Å²) in [6.45, 7) is 24.0. The highest BCUT2D eigenvalue weighted by molar-refractivity contribution is 9.09. The van der Waals surface area contributed by atoms with Gasteiger partial charge in [-0.05, 0) is 161 Å². The van der Waals surface area contributed by atoms with Crippen molar-refractivity contribution in [1.29, 1.82) is 0 Å². The molecule has 0 amide bonds. The van der Waals surface area contributed by atoms with Crippen molar-refractivity contribution in [3.8, 4) is 0 Å². The Balaban J connectivity index is -0.000000544. The van der Waals surface area contributed by atoms with E-state index in [0.717, 1.165) is 146 Å². The van der Waals surface area contributed by atoms with Crippen LogP contribution in [0.4, 0.5) is 0 Å². The summed E-state index contributed by atoms with van der Waals surface area (Å²) in [5.41, 5.74) is 0. The first kappa shape index (κ1) is 139. The zero-order valence-electron chi connectivity index (χ0n) is 90.6. The van der Waals surface area contributed by atoms with E-state index in [2.05, 4.69) is 99.1 Å². The number of aliphatic carboxylic acids is 1. The second kappa shape index (κ2) is 128. The van der Waals surface area contributed by atoms with Crippen molar-refractivity contribution in [2.75, 3.05) is 43.5 Å². The van der Waals surface area contributed by atoms with Gasteiger partial charge in [0.25, 0.3) is 0 Å². The number of rotatable bonds is 105.